The highest BCUT2D eigenvalue weighted by atomic mass is 79.9. The van der Waals surface area contributed by atoms with Gasteiger partial charge < -0.3 is 0 Å². The molecule has 0 radical (unpaired) electrons. The quantitative estimate of drug-likeness (QED) is 0.703. The van der Waals surface area contributed by atoms with Crippen LogP contribution >= 0.6 is 15.9 Å². The van der Waals surface area contributed by atoms with Crippen molar-refractivity contribution in [1.82, 2.24) is 0 Å². The Morgan fingerprint density at radius 1 is 1.00 bits per heavy atom. The summed E-state index contributed by atoms with van der Waals surface area (Å²) < 4.78 is 26.0. The molecule has 0 heterocycles. The summed E-state index contributed by atoms with van der Waals surface area (Å²) in [7, 11) is 0. The van der Waals surface area contributed by atoms with Gasteiger partial charge >= 0.3 is 0 Å². The van der Waals surface area contributed by atoms with E-state index in [9.17, 15) is 8.78 Å². The minimum Gasteiger partial charge on any atom is -0.207 e. The average molecular weight is 311 g/mol. The molecular formula is C15H13BrF2. The van der Waals surface area contributed by atoms with Gasteiger partial charge in [-0.2, -0.15) is 0 Å². The van der Waals surface area contributed by atoms with Crippen LogP contribution in [0.15, 0.2) is 42.5 Å². The van der Waals surface area contributed by atoms with E-state index < -0.39 is 0 Å². The van der Waals surface area contributed by atoms with E-state index in [1.54, 1.807) is 18.2 Å². The number of aryl methyl sites for hydroxylation is 1. The molecule has 0 aromatic heterocycles. The third kappa shape index (κ3) is 3.16. The molecule has 0 N–H and O–H groups in total. The number of hydrogen-bond acceptors (Lipinski definition) is 0. The van der Waals surface area contributed by atoms with Crippen LogP contribution in [0.1, 0.15) is 21.5 Å². The van der Waals surface area contributed by atoms with E-state index in [1.807, 2.05) is 6.92 Å². The molecule has 2 aromatic carbocycles. The molecule has 0 fully saturated rings. The minimum absolute atomic E-state index is 0.0265. The van der Waals surface area contributed by atoms with Crippen molar-refractivity contribution >= 4 is 15.9 Å². The van der Waals surface area contributed by atoms with Crippen LogP contribution in [0.5, 0.6) is 0 Å². The summed E-state index contributed by atoms with van der Waals surface area (Å²) in [6.07, 6.45) is 0.699. The molecule has 94 valence electrons. The van der Waals surface area contributed by atoms with E-state index in [0.29, 0.717) is 6.42 Å². The highest BCUT2D eigenvalue weighted by Crippen LogP contribution is 2.30. The van der Waals surface area contributed by atoms with Gasteiger partial charge in [0.2, 0.25) is 0 Å². The second-order valence-corrected chi connectivity index (χ2v) is 5.40. The van der Waals surface area contributed by atoms with Crippen molar-refractivity contribution in [3.63, 3.8) is 0 Å². The predicted octanol–water partition coefficient (Wildman–Crippen LogP) is 4.95. The van der Waals surface area contributed by atoms with Gasteiger partial charge in [0.1, 0.15) is 11.6 Å². The van der Waals surface area contributed by atoms with Crippen molar-refractivity contribution in [2.75, 3.05) is 0 Å². The predicted molar refractivity (Wildman–Crippen MR) is 72.9 cm³/mol. The van der Waals surface area contributed by atoms with Gasteiger partial charge in [-0.3, -0.25) is 0 Å². The van der Waals surface area contributed by atoms with Crippen LogP contribution in [0.4, 0.5) is 8.78 Å². The highest BCUT2D eigenvalue weighted by Gasteiger charge is 2.12. The highest BCUT2D eigenvalue weighted by molar-refractivity contribution is 9.09. The Morgan fingerprint density at radius 3 is 2.28 bits per heavy atom. The van der Waals surface area contributed by atoms with E-state index in [1.165, 1.54) is 24.3 Å². The van der Waals surface area contributed by atoms with Crippen LogP contribution in [0, 0.1) is 18.6 Å². The molecule has 1 unspecified atom stereocenters. The standard InChI is InChI=1S/C15H13BrF2/c1-10-2-5-13(18)9-14(10)15(16)8-11-3-6-12(17)7-4-11/h2-7,9,15H,8H2,1H3. The molecule has 0 amide bonds. The first-order valence-corrected chi connectivity index (χ1v) is 6.62. The first-order chi connectivity index (χ1) is 8.56. The molecule has 0 spiro atoms. The molecule has 0 bridgehead atoms. The molecular weight excluding hydrogens is 298 g/mol. The largest absolute Gasteiger partial charge is 0.207 e. The average Bonchev–Trinajstić information content (AvgIpc) is 2.35. The summed E-state index contributed by atoms with van der Waals surface area (Å²) in [6.45, 7) is 1.95. The molecule has 2 aromatic rings. The van der Waals surface area contributed by atoms with Crippen LogP contribution in [-0.4, -0.2) is 0 Å². The molecule has 0 saturated heterocycles. The van der Waals surface area contributed by atoms with Crippen LogP contribution in [0.2, 0.25) is 0 Å². The molecule has 18 heavy (non-hydrogen) atoms. The monoisotopic (exact) mass is 310 g/mol. The Balaban J connectivity index is 2.18. The first kappa shape index (κ1) is 13.2. The lowest BCUT2D eigenvalue weighted by Crippen LogP contribution is -1.99. The fourth-order valence-electron chi connectivity index (χ4n) is 1.89. The van der Waals surface area contributed by atoms with Crippen molar-refractivity contribution < 1.29 is 8.78 Å². The maximum atomic E-state index is 13.2. The Kier molecular flexibility index (Phi) is 4.12. The van der Waals surface area contributed by atoms with E-state index in [-0.39, 0.29) is 16.5 Å². The van der Waals surface area contributed by atoms with Gasteiger partial charge in [0.15, 0.2) is 0 Å². The van der Waals surface area contributed by atoms with Crippen LogP contribution in [0.3, 0.4) is 0 Å². The van der Waals surface area contributed by atoms with Crippen molar-refractivity contribution in [2.24, 2.45) is 0 Å². The van der Waals surface area contributed by atoms with Crippen molar-refractivity contribution in [3.05, 3.63) is 70.8 Å². The van der Waals surface area contributed by atoms with Crippen molar-refractivity contribution in [1.29, 1.82) is 0 Å². The topological polar surface area (TPSA) is 0 Å². The lowest BCUT2D eigenvalue weighted by atomic mass is 10.0. The Morgan fingerprint density at radius 2 is 1.61 bits per heavy atom. The Hall–Kier alpha value is -1.22. The van der Waals surface area contributed by atoms with E-state index in [2.05, 4.69) is 15.9 Å². The normalized spacial score (nSPS) is 12.4. The SMILES string of the molecule is Cc1ccc(F)cc1C(Br)Cc1ccc(F)cc1. The summed E-state index contributed by atoms with van der Waals surface area (Å²) in [4.78, 5) is 0.0265. The summed E-state index contributed by atoms with van der Waals surface area (Å²) >= 11 is 3.57. The zero-order valence-corrected chi connectivity index (χ0v) is 11.5. The van der Waals surface area contributed by atoms with Gasteiger partial charge in [-0.05, 0) is 54.3 Å². The van der Waals surface area contributed by atoms with Gasteiger partial charge in [-0.25, -0.2) is 8.78 Å². The Labute approximate surface area is 114 Å². The zero-order chi connectivity index (χ0) is 13.1. The molecule has 2 rings (SSSR count). The van der Waals surface area contributed by atoms with Crippen molar-refractivity contribution in [2.45, 2.75) is 18.2 Å². The zero-order valence-electron chi connectivity index (χ0n) is 9.96. The molecule has 0 nitrogen and oxygen atoms in total. The maximum Gasteiger partial charge on any atom is 0.123 e. The lowest BCUT2D eigenvalue weighted by Gasteiger charge is -2.13. The molecule has 1 atom stereocenters. The summed E-state index contributed by atoms with van der Waals surface area (Å²) in [5.74, 6) is -0.481. The van der Waals surface area contributed by atoms with Gasteiger partial charge in [-0.15, -0.1) is 0 Å². The van der Waals surface area contributed by atoms with Crippen molar-refractivity contribution in [3.8, 4) is 0 Å². The lowest BCUT2D eigenvalue weighted by molar-refractivity contribution is 0.624. The second kappa shape index (κ2) is 5.61. The molecule has 0 aliphatic heterocycles. The number of rotatable bonds is 3. The van der Waals surface area contributed by atoms with Crippen LogP contribution in [-0.2, 0) is 6.42 Å². The third-order valence-corrected chi connectivity index (χ3v) is 3.72. The maximum absolute atomic E-state index is 13.2. The molecule has 0 aliphatic carbocycles. The van der Waals surface area contributed by atoms with Gasteiger partial charge in [0, 0.05) is 4.83 Å². The number of hydrogen-bond donors (Lipinski definition) is 0. The van der Waals surface area contributed by atoms with Gasteiger partial charge in [-0.1, -0.05) is 34.1 Å². The first-order valence-electron chi connectivity index (χ1n) is 5.71. The fraction of sp³-hybridized carbons (Fsp3) is 0.200. The number of benzene rings is 2. The van der Waals surface area contributed by atoms with Gasteiger partial charge in [0.25, 0.3) is 0 Å². The minimum atomic E-state index is -0.244. The summed E-state index contributed by atoms with van der Waals surface area (Å²) in [5, 5.41) is 0. The molecule has 0 saturated carbocycles. The van der Waals surface area contributed by atoms with E-state index >= 15 is 0 Å². The Bertz CT molecular complexity index is 535. The number of halogens is 3. The summed E-state index contributed by atoms with van der Waals surface area (Å²) in [6, 6.07) is 11.1. The molecule has 3 heteroatoms. The molecule has 0 aliphatic rings. The number of alkyl halides is 1. The second-order valence-electron chi connectivity index (χ2n) is 4.30. The van der Waals surface area contributed by atoms with Crippen LogP contribution in [0.25, 0.3) is 0 Å². The fourth-order valence-corrected chi connectivity index (χ4v) is 2.75. The summed E-state index contributed by atoms with van der Waals surface area (Å²) in [5.41, 5.74) is 2.99. The van der Waals surface area contributed by atoms with Gasteiger partial charge in [0.05, 0.1) is 0 Å². The van der Waals surface area contributed by atoms with E-state index in [4.69, 9.17) is 0 Å². The smallest absolute Gasteiger partial charge is 0.123 e. The van der Waals surface area contributed by atoms with E-state index in [0.717, 1.165) is 16.7 Å². The van der Waals surface area contributed by atoms with Crippen LogP contribution < -0.4 is 0 Å². The third-order valence-electron chi connectivity index (χ3n) is 2.91.